The maximum absolute atomic E-state index is 11.3. The van der Waals surface area contributed by atoms with E-state index >= 15 is 0 Å². The molecular formula is C13H26O2. The van der Waals surface area contributed by atoms with E-state index in [9.17, 15) is 4.79 Å². The number of unbranched alkanes of at least 4 members (excludes halogenated alkanes) is 3. The third-order valence-electron chi connectivity index (χ3n) is 2.37. The maximum Gasteiger partial charge on any atom is 0.306 e. The zero-order chi connectivity index (χ0) is 11.7. The Bertz CT molecular complexity index is 164. The number of hydrogen-bond acceptors (Lipinski definition) is 2. The van der Waals surface area contributed by atoms with Gasteiger partial charge in [-0.2, -0.15) is 0 Å². The number of carbonyl (C=O) groups is 1. The molecule has 0 unspecified atom stereocenters. The molecule has 1 atom stereocenters. The highest BCUT2D eigenvalue weighted by Gasteiger charge is 2.10. The van der Waals surface area contributed by atoms with Gasteiger partial charge in [0.1, 0.15) is 0 Å². The van der Waals surface area contributed by atoms with E-state index in [1.54, 1.807) is 0 Å². The highest BCUT2D eigenvalue weighted by Crippen LogP contribution is 2.10. The molecule has 0 radical (unpaired) electrons. The van der Waals surface area contributed by atoms with Gasteiger partial charge in [-0.15, -0.1) is 0 Å². The largest absolute Gasteiger partial charge is 0.463 e. The van der Waals surface area contributed by atoms with Crippen LogP contribution in [0.1, 0.15) is 66.2 Å². The van der Waals surface area contributed by atoms with Crippen LogP contribution < -0.4 is 0 Å². The maximum atomic E-state index is 11.3. The fourth-order valence-electron chi connectivity index (χ4n) is 1.52. The average molecular weight is 214 g/mol. The summed E-state index contributed by atoms with van der Waals surface area (Å²) in [5, 5.41) is 0. The van der Waals surface area contributed by atoms with Gasteiger partial charge in [0.25, 0.3) is 0 Å². The van der Waals surface area contributed by atoms with Crippen LogP contribution in [0.5, 0.6) is 0 Å². The van der Waals surface area contributed by atoms with Gasteiger partial charge in [0.2, 0.25) is 0 Å². The molecule has 0 aromatic rings. The summed E-state index contributed by atoms with van der Waals surface area (Å²) in [6.07, 6.45) is 6.59. The van der Waals surface area contributed by atoms with Crippen LogP contribution in [0.3, 0.4) is 0 Å². The van der Waals surface area contributed by atoms with Gasteiger partial charge in [0.05, 0.1) is 6.10 Å². The first kappa shape index (κ1) is 14.5. The number of ether oxygens (including phenoxy) is 1. The number of carbonyl (C=O) groups excluding carboxylic acids is 1. The molecule has 0 heterocycles. The van der Waals surface area contributed by atoms with Gasteiger partial charge in [-0.05, 0) is 25.7 Å². The van der Waals surface area contributed by atoms with Crippen LogP contribution in [-0.4, -0.2) is 12.1 Å². The summed E-state index contributed by atoms with van der Waals surface area (Å²) in [6, 6.07) is 0. The lowest BCUT2D eigenvalue weighted by molar-refractivity contribution is -0.149. The van der Waals surface area contributed by atoms with Gasteiger partial charge in [-0.3, -0.25) is 4.79 Å². The first-order chi connectivity index (χ1) is 7.06. The van der Waals surface area contributed by atoms with E-state index in [0.29, 0.717) is 12.3 Å². The summed E-state index contributed by atoms with van der Waals surface area (Å²) in [7, 11) is 0. The van der Waals surface area contributed by atoms with Crippen LogP contribution >= 0.6 is 0 Å². The Kier molecular flexibility index (Phi) is 8.44. The number of esters is 1. The second-order valence-electron chi connectivity index (χ2n) is 4.75. The molecule has 0 spiro atoms. The van der Waals surface area contributed by atoms with E-state index in [1.165, 1.54) is 25.7 Å². The molecule has 0 bridgehead atoms. The normalized spacial score (nSPS) is 12.9. The molecule has 0 aromatic heterocycles. The predicted octanol–water partition coefficient (Wildman–Crippen LogP) is 3.93. The molecule has 0 aromatic carbocycles. The highest BCUT2D eigenvalue weighted by molar-refractivity contribution is 5.69. The zero-order valence-corrected chi connectivity index (χ0v) is 10.7. The van der Waals surface area contributed by atoms with E-state index in [2.05, 4.69) is 6.92 Å². The van der Waals surface area contributed by atoms with E-state index in [-0.39, 0.29) is 12.1 Å². The lowest BCUT2D eigenvalue weighted by atomic mass is 10.1. The summed E-state index contributed by atoms with van der Waals surface area (Å²) in [4.78, 5) is 11.3. The van der Waals surface area contributed by atoms with Gasteiger partial charge in [0, 0.05) is 6.42 Å². The molecule has 0 N–H and O–H groups in total. The van der Waals surface area contributed by atoms with Crippen molar-refractivity contribution in [3.8, 4) is 0 Å². The average Bonchev–Trinajstić information content (AvgIpc) is 2.10. The van der Waals surface area contributed by atoms with Crippen molar-refractivity contribution < 1.29 is 9.53 Å². The Morgan fingerprint density at radius 3 is 2.33 bits per heavy atom. The van der Waals surface area contributed by atoms with Gasteiger partial charge in [-0.25, -0.2) is 0 Å². The van der Waals surface area contributed by atoms with Crippen LogP contribution in [-0.2, 0) is 9.53 Å². The number of hydrogen-bond donors (Lipinski definition) is 0. The van der Waals surface area contributed by atoms with Crippen LogP contribution in [0.25, 0.3) is 0 Å². The molecule has 0 saturated heterocycles. The summed E-state index contributed by atoms with van der Waals surface area (Å²) in [5.74, 6) is 0.345. The smallest absolute Gasteiger partial charge is 0.306 e. The number of rotatable bonds is 8. The topological polar surface area (TPSA) is 26.3 Å². The molecule has 0 aliphatic carbocycles. The zero-order valence-electron chi connectivity index (χ0n) is 10.7. The quantitative estimate of drug-likeness (QED) is 0.452. The second kappa shape index (κ2) is 8.75. The summed E-state index contributed by atoms with van der Waals surface area (Å²) < 4.78 is 5.30. The van der Waals surface area contributed by atoms with Crippen molar-refractivity contribution in [1.82, 2.24) is 0 Å². The van der Waals surface area contributed by atoms with E-state index in [0.717, 1.165) is 6.42 Å². The monoisotopic (exact) mass is 214 g/mol. The second-order valence-corrected chi connectivity index (χ2v) is 4.75. The molecule has 0 fully saturated rings. The van der Waals surface area contributed by atoms with E-state index < -0.39 is 0 Å². The molecule has 0 saturated carbocycles. The SMILES string of the molecule is CCCCCC[C@H](C)OC(=O)CC(C)C. The third kappa shape index (κ3) is 9.77. The molecule has 0 aliphatic rings. The van der Waals surface area contributed by atoms with Gasteiger partial charge >= 0.3 is 5.97 Å². The first-order valence-corrected chi connectivity index (χ1v) is 6.25. The van der Waals surface area contributed by atoms with Crippen molar-refractivity contribution in [3.63, 3.8) is 0 Å². The van der Waals surface area contributed by atoms with Crippen LogP contribution in [0.4, 0.5) is 0 Å². The minimum absolute atomic E-state index is 0.0482. The van der Waals surface area contributed by atoms with Gasteiger partial charge in [-0.1, -0.05) is 40.0 Å². The van der Waals surface area contributed by atoms with Gasteiger partial charge < -0.3 is 4.74 Å². The van der Waals surface area contributed by atoms with Crippen molar-refractivity contribution in [2.24, 2.45) is 5.92 Å². The summed E-state index contributed by atoms with van der Waals surface area (Å²) in [5.41, 5.74) is 0. The Labute approximate surface area is 94.4 Å². The molecule has 2 nitrogen and oxygen atoms in total. The van der Waals surface area contributed by atoms with Crippen molar-refractivity contribution in [2.45, 2.75) is 72.3 Å². The molecular weight excluding hydrogens is 188 g/mol. The fourth-order valence-corrected chi connectivity index (χ4v) is 1.52. The van der Waals surface area contributed by atoms with Crippen molar-refractivity contribution in [1.29, 1.82) is 0 Å². The van der Waals surface area contributed by atoms with Crippen LogP contribution in [0.15, 0.2) is 0 Å². The lowest BCUT2D eigenvalue weighted by Gasteiger charge is -2.13. The Morgan fingerprint density at radius 2 is 1.80 bits per heavy atom. The van der Waals surface area contributed by atoms with Gasteiger partial charge in [0.15, 0.2) is 0 Å². The Balaban J connectivity index is 3.46. The molecule has 0 aliphatic heterocycles. The van der Waals surface area contributed by atoms with E-state index in [1.807, 2.05) is 20.8 Å². The predicted molar refractivity (Wildman–Crippen MR) is 63.8 cm³/mol. The Hall–Kier alpha value is -0.530. The summed E-state index contributed by atoms with van der Waals surface area (Å²) >= 11 is 0. The molecule has 2 heteroatoms. The third-order valence-corrected chi connectivity index (χ3v) is 2.37. The van der Waals surface area contributed by atoms with Crippen LogP contribution in [0, 0.1) is 5.92 Å². The molecule has 90 valence electrons. The fraction of sp³-hybridized carbons (Fsp3) is 0.923. The molecule has 0 rings (SSSR count). The van der Waals surface area contributed by atoms with E-state index in [4.69, 9.17) is 4.74 Å². The first-order valence-electron chi connectivity index (χ1n) is 6.25. The van der Waals surface area contributed by atoms with Crippen molar-refractivity contribution in [2.75, 3.05) is 0 Å². The molecule has 15 heavy (non-hydrogen) atoms. The lowest BCUT2D eigenvalue weighted by Crippen LogP contribution is -2.16. The van der Waals surface area contributed by atoms with Crippen molar-refractivity contribution >= 4 is 5.97 Å². The highest BCUT2D eigenvalue weighted by atomic mass is 16.5. The molecule has 0 amide bonds. The standard InChI is InChI=1S/C13H26O2/c1-5-6-7-8-9-12(4)15-13(14)10-11(2)3/h11-12H,5-10H2,1-4H3/t12-/m0/s1. The minimum atomic E-state index is -0.0482. The van der Waals surface area contributed by atoms with Crippen molar-refractivity contribution in [3.05, 3.63) is 0 Å². The Morgan fingerprint density at radius 1 is 1.13 bits per heavy atom. The minimum Gasteiger partial charge on any atom is -0.463 e. The van der Waals surface area contributed by atoms with Crippen LogP contribution in [0.2, 0.25) is 0 Å². The summed E-state index contributed by atoms with van der Waals surface area (Å²) in [6.45, 7) is 8.26.